The first kappa shape index (κ1) is 16.4. The minimum atomic E-state index is 0.374. The standard InChI is InChI=1S/C19H29N3O/c23-19(7-6-17-4-2-1-3-5-17)22-14-12-21(13-15-22)16-18-8-10-20-11-9-18/h8-11,17H,1-7,12-16H2. The van der Waals surface area contributed by atoms with Gasteiger partial charge in [0.1, 0.15) is 0 Å². The van der Waals surface area contributed by atoms with E-state index in [-0.39, 0.29) is 0 Å². The van der Waals surface area contributed by atoms with Crippen LogP contribution in [0.25, 0.3) is 0 Å². The molecule has 1 amide bonds. The lowest BCUT2D eigenvalue weighted by Crippen LogP contribution is -2.48. The summed E-state index contributed by atoms with van der Waals surface area (Å²) in [4.78, 5) is 21.0. The largest absolute Gasteiger partial charge is 0.340 e. The van der Waals surface area contributed by atoms with Crippen LogP contribution in [-0.2, 0) is 11.3 Å². The van der Waals surface area contributed by atoms with Gasteiger partial charge in [-0.05, 0) is 30.0 Å². The van der Waals surface area contributed by atoms with Gasteiger partial charge in [-0.1, -0.05) is 32.1 Å². The summed E-state index contributed by atoms with van der Waals surface area (Å²) in [5.41, 5.74) is 1.30. The van der Waals surface area contributed by atoms with Crippen molar-refractivity contribution in [2.24, 2.45) is 5.92 Å². The maximum absolute atomic E-state index is 12.4. The van der Waals surface area contributed by atoms with Crippen LogP contribution in [-0.4, -0.2) is 46.9 Å². The predicted molar refractivity (Wildman–Crippen MR) is 91.9 cm³/mol. The Labute approximate surface area is 139 Å². The maximum Gasteiger partial charge on any atom is 0.222 e. The monoisotopic (exact) mass is 315 g/mol. The Morgan fingerprint density at radius 2 is 1.74 bits per heavy atom. The number of carbonyl (C=O) groups is 1. The van der Waals surface area contributed by atoms with E-state index in [4.69, 9.17) is 0 Å². The molecular formula is C19H29N3O. The summed E-state index contributed by atoms with van der Waals surface area (Å²) in [6.07, 6.45) is 12.4. The molecule has 23 heavy (non-hydrogen) atoms. The summed E-state index contributed by atoms with van der Waals surface area (Å²) >= 11 is 0. The van der Waals surface area contributed by atoms with Gasteiger partial charge in [-0.2, -0.15) is 0 Å². The first-order chi connectivity index (χ1) is 11.3. The highest BCUT2D eigenvalue weighted by Gasteiger charge is 2.22. The van der Waals surface area contributed by atoms with Gasteiger partial charge in [0, 0.05) is 51.5 Å². The van der Waals surface area contributed by atoms with Gasteiger partial charge in [-0.3, -0.25) is 14.7 Å². The second-order valence-electron chi connectivity index (χ2n) is 7.06. The Bertz CT molecular complexity index is 477. The average Bonchev–Trinajstić information content (AvgIpc) is 2.62. The van der Waals surface area contributed by atoms with Gasteiger partial charge in [-0.15, -0.1) is 0 Å². The molecule has 0 radical (unpaired) electrons. The summed E-state index contributed by atoms with van der Waals surface area (Å²) in [6, 6.07) is 4.14. The number of hydrogen-bond acceptors (Lipinski definition) is 3. The van der Waals surface area contributed by atoms with Gasteiger partial charge in [-0.25, -0.2) is 0 Å². The van der Waals surface area contributed by atoms with Crippen LogP contribution in [0.1, 0.15) is 50.5 Å². The molecule has 2 heterocycles. The molecule has 0 atom stereocenters. The third kappa shape index (κ3) is 5.03. The van der Waals surface area contributed by atoms with Gasteiger partial charge in [0.15, 0.2) is 0 Å². The normalized spacial score (nSPS) is 20.6. The maximum atomic E-state index is 12.4. The van der Waals surface area contributed by atoms with Crippen LogP contribution >= 0.6 is 0 Å². The summed E-state index contributed by atoms with van der Waals surface area (Å²) in [5.74, 6) is 1.18. The number of piperazine rings is 1. The van der Waals surface area contributed by atoms with Gasteiger partial charge in [0.25, 0.3) is 0 Å². The van der Waals surface area contributed by atoms with Crippen molar-refractivity contribution in [1.29, 1.82) is 0 Å². The second kappa shape index (κ2) is 8.44. The molecule has 3 rings (SSSR count). The highest BCUT2D eigenvalue weighted by molar-refractivity contribution is 5.76. The van der Waals surface area contributed by atoms with Crippen LogP contribution in [0.3, 0.4) is 0 Å². The molecule has 2 fully saturated rings. The smallest absolute Gasteiger partial charge is 0.222 e. The Morgan fingerprint density at radius 3 is 2.43 bits per heavy atom. The number of carbonyl (C=O) groups excluding carboxylic acids is 1. The molecule has 1 aliphatic carbocycles. The molecule has 1 saturated heterocycles. The van der Waals surface area contributed by atoms with Gasteiger partial charge in [0.05, 0.1) is 0 Å². The minimum Gasteiger partial charge on any atom is -0.340 e. The van der Waals surface area contributed by atoms with Crippen molar-refractivity contribution in [3.63, 3.8) is 0 Å². The zero-order chi connectivity index (χ0) is 15.9. The minimum absolute atomic E-state index is 0.374. The van der Waals surface area contributed by atoms with Crippen molar-refractivity contribution >= 4 is 5.91 Å². The predicted octanol–water partition coefficient (Wildman–Crippen LogP) is 3.09. The molecule has 0 aromatic carbocycles. The molecule has 0 unspecified atom stereocenters. The van der Waals surface area contributed by atoms with E-state index < -0.39 is 0 Å². The Balaban J connectivity index is 1.37. The van der Waals surface area contributed by atoms with Gasteiger partial charge >= 0.3 is 0 Å². The number of hydrogen-bond donors (Lipinski definition) is 0. The highest BCUT2D eigenvalue weighted by atomic mass is 16.2. The zero-order valence-electron chi connectivity index (χ0n) is 14.1. The van der Waals surface area contributed by atoms with E-state index in [2.05, 4.69) is 26.9 Å². The van der Waals surface area contributed by atoms with Crippen molar-refractivity contribution in [2.45, 2.75) is 51.5 Å². The van der Waals surface area contributed by atoms with E-state index in [1.54, 1.807) is 0 Å². The van der Waals surface area contributed by atoms with E-state index in [0.29, 0.717) is 5.91 Å². The number of pyridine rings is 1. The fourth-order valence-corrected chi connectivity index (χ4v) is 3.86. The molecule has 1 aromatic heterocycles. The molecular weight excluding hydrogens is 286 g/mol. The molecule has 1 saturated carbocycles. The SMILES string of the molecule is O=C(CCC1CCCCC1)N1CCN(Cc2ccncc2)CC1. The van der Waals surface area contributed by atoms with Gasteiger partial charge < -0.3 is 4.90 Å². The molecule has 0 N–H and O–H groups in total. The van der Waals surface area contributed by atoms with Crippen LogP contribution in [0.2, 0.25) is 0 Å². The molecule has 4 nitrogen and oxygen atoms in total. The molecule has 2 aliphatic rings. The van der Waals surface area contributed by atoms with E-state index in [9.17, 15) is 4.79 Å². The lowest BCUT2D eigenvalue weighted by Gasteiger charge is -2.35. The lowest BCUT2D eigenvalue weighted by atomic mass is 9.86. The topological polar surface area (TPSA) is 36.4 Å². The quantitative estimate of drug-likeness (QED) is 0.838. The summed E-state index contributed by atoms with van der Waals surface area (Å²) < 4.78 is 0. The first-order valence-electron chi connectivity index (χ1n) is 9.20. The fourth-order valence-electron chi connectivity index (χ4n) is 3.86. The van der Waals surface area contributed by atoms with Crippen LogP contribution in [0.5, 0.6) is 0 Å². The summed E-state index contributed by atoms with van der Waals surface area (Å²) in [6.45, 7) is 4.70. The lowest BCUT2D eigenvalue weighted by molar-refractivity contribution is -0.133. The van der Waals surface area contributed by atoms with Crippen LogP contribution < -0.4 is 0 Å². The average molecular weight is 315 g/mol. The van der Waals surface area contributed by atoms with E-state index in [0.717, 1.165) is 51.5 Å². The molecule has 4 heteroatoms. The molecule has 0 spiro atoms. The van der Waals surface area contributed by atoms with Crippen LogP contribution in [0, 0.1) is 5.92 Å². The first-order valence-corrected chi connectivity index (χ1v) is 9.20. The van der Waals surface area contributed by atoms with E-state index >= 15 is 0 Å². The van der Waals surface area contributed by atoms with Crippen LogP contribution in [0.15, 0.2) is 24.5 Å². The highest BCUT2D eigenvalue weighted by Crippen LogP contribution is 2.27. The van der Waals surface area contributed by atoms with Crippen LogP contribution in [0.4, 0.5) is 0 Å². The van der Waals surface area contributed by atoms with Crippen molar-refractivity contribution < 1.29 is 4.79 Å². The third-order valence-electron chi connectivity index (χ3n) is 5.37. The van der Waals surface area contributed by atoms with Gasteiger partial charge in [0.2, 0.25) is 5.91 Å². The second-order valence-corrected chi connectivity index (χ2v) is 7.06. The number of nitrogens with zero attached hydrogens (tertiary/aromatic N) is 3. The van der Waals surface area contributed by atoms with E-state index in [1.165, 1.54) is 37.7 Å². The number of rotatable bonds is 5. The van der Waals surface area contributed by atoms with Crippen molar-refractivity contribution in [3.8, 4) is 0 Å². The molecule has 0 bridgehead atoms. The van der Waals surface area contributed by atoms with Crippen molar-refractivity contribution in [1.82, 2.24) is 14.8 Å². The zero-order valence-corrected chi connectivity index (χ0v) is 14.1. The van der Waals surface area contributed by atoms with Crippen molar-refractivity contribution in [2.75, 3.05) is 26.2 Å². The molecule has 1 aromatic rings. The fraction of sp³-hybridized carbons (Fsp3) is 0.684. The number of amides is 1. The Hall–Kier alpha value is -1.42. The summed E-state index contributed by atoms with van der Waals surface area (Å²) in [5, 5.41) is 0. The van der Waals surface area contributed by atoms with Crippen molar-refractivity contribution in [3.05, 3.63) is 30.1 Å². The molecule has 1 aliphatic heterocycles. The Kier molecular flexibility index (Phi) is 6.03. The summed E-state index contributed by atoms with van der Waals surface area (Å²) in [7, 11) is 0. The molecule has 126 valence electrons. The van der Waals surface area contributed by atoms with E-state index in [1.807, 2.05) is 12.4 Å². The number of aromatic nitrogens is 1. The third-order valence-corrected chi connectivity index (χ3v) is 5.37. The Morgan fingerprint density at radius 1 is 1.04 bits per heavy atom.